The summed E-state index contributed by atoms with van der Waals surface area (Å²) in [7, 11) is 2.22. The molecule has 16 heavy (non-hydrogen) atoms. The zero-order valence-electron chi connectivity index (χ0n) is 8.30. The Morgan fingerprint density at radius 3 is 0.875 bits per heavy atom. The third-order valence-corrected chi connectivity index (χ3v) is 1.95. The summed E-state index contributed by atoms with van der Waals surface area (Å²) in [6, 6.07) is 0. The zero-order valence-corrected chi connectivity index (χ0v) is 8.30. The van der Waals surface area contributed by atoms with E-state index in [2.05, 4.69) is 44.9 Å². The van der Waals surface area contributed by atoms with Gasteiger partial charge >= 0.3 is 7.55 Å². The largest absolute Gasteiger partial charge is 0.332 e. The topological polar surface area (TPSA) is 6.48 Å². The van der Waals surface area contributed by atoms with Crippen LogP contribution in [0, 0.1) is 0 Å². The van der Waals surface area contributed by atoms with Crippen LogP contribution in [0.2, 0.25) is 0 Å². The van der Waals surface area contributed by atoms with Crippen LogP contribution in [0.25, 0.3) is 0 Å². The van der Waals surface area contributed by atoms with Crippen LogP contribution in [0.15, 0.2) is 0 Å². The van der Waals surface area contributed by atoms with Crippen molar-refractivity contribution in [1.29, 1.82) is 0 Å². The molecule has 0 atom stereocenters. The molecule has 0 heterocycles. The Kier molecular flexibility index (Phi) is 54.7. The van der Waals surface area contributed by atoms with Gasteiger partial charge < -0.3 is 9.62 Å². The molecule has 0 N–H and O–H groups in total. The molecule has 0 rings (SSSR count). The fraction of sp³-hybridized carbons (Fsp3) is 1.00. The number of nitrogens with zero attached hydrogens (tertiary/aromatic N) is 2. The minimum atomic E-state index is 0. The summed E-state index contributed by atoms with van der Waals surface area (Å²) in [6.45, 7) is 13.2. The molecule has 0 saturated heterocycles. The predicted molar refractivity (Wildman–Crippen MR) is 85.3 cm³/mol. The lowest BCUT2D eigenvalue weighted by Crippen LogP contribution is -2.41. The van der Waals surface area contributed by atoms with E-state index >= 15 is 0 Å². The summed E-state index contributed by atoms with van der Waals surface area (Å²) in [5, 5.41) is 0. The average molecular weight is 235 g/mol. The molecular weight excluding hydrogens is 195 g/mol. The Hall–Kier alpha value is -0.0151. The van der Waals surface area contributed by atoms with Crippen LogP contribution < -0.4 is 0 Å². The maximum absolute atomic E-state index is 2.31. The minimum Gasteiger partial charge on any atom is -0.332 e. The molecule has 2 nitrogen and oxygen atoms in total. The molecule has 0 unspecified atom stereocenters. The van der Waals surface area contributed by atoms with E-state index in [-0.39, 0.29) is 37.1 Å². The van der Waals surface area contributed by atoms with Gasteiger partial charge in [0.1, 0.15) is 0 Å². The Labute approximate surface area is 109 Å². The Morgan fingerprint density at radius 1 is 0.562 bits per heavy atom. The highest BCUT2D eigenvalue weighted by Crippen LogP contribution is 1.89. The number of hydrogen-bond donors (Lipinski definition) is 0. The van der Waals surface area contributed by atoms with Crippen LogP contribution in [0.4, 0.5) is 0 Å². The van der Waals surface area contributed by atoms with Crippen molar-refractivity contribution in [1.82, 2.24) is 9.62 Å². The van der Waals surface area contributed by atoms with Crippen molar-refractivity contribution in [2.75, 3.05) is 26.2 Å². The van der Waals surface area contributed by atoms with Gasteiger partial charge in [-0.25, -0.2) is 0 Å². The van der Waals surface area contributed by atoms with Crippen LogP contribution >= 0.6 is 0 Å². The first-order valence-corrected chi connectivity index (χ1v) is 4.61. The normalized spacial score (nSPS) is 7.62. The molecule has 0 aromatic carbocycles. The summed E-state index contributed by atoms with van der Waals surface area (Å²) in [4.78, 5) is 4.62. The van der Waals surface area contributed by atoms with Crippen molar-refractivity contribution < 1.29 is 0 Å². The fourth-order valence-corrected chi connectivity index (χ4v) is 1.00. The van der Waals surface area contributed by atoms with Gasteiger partial charge in [-0.05, 0) is 26.2 Å². The van der Waals surface area contributed by atoms with E-state index < -0.39 is 0 Å². The summed E-state index contributed by atoms with van der Waals surface area (Å²) in [6.07, 6.45) is 0. The molecule has 0 fully saturated rings. The minimum absolute atomic E-state index is 0. The quantitative estimate of drug-likeness (QED) is 0.630. The highest BCUT2D eigenvalue weighted by molar-refractivity contribution is 6.28. The lowest BCUT2D eigenvalue weighted by atomic mass is 10.0. The van der Waals surface area contributed by atoms with E-state index in [0.29, 0.717) is 0 Å². The molecule has 0 aromatic heterocycles. The SMILES string of the molecule is C.C.C.C.C.CCN([B]N(CC)CC)CC. The van der Waals surface area contributed by atoms with Gasteiger partial charge in [0.25, 0.3) is 0 Å². The van der Waals surface area contributed by atoms with Crippen LogP contribution in [0.3, 0.4) is 0 Å². The molecule has 0 aliphatic rings. The molecule has 0 spiro atoms. The van der Waals surface area contributed by atoms with Gasteiger partial charge in [0.15, 0.2) is 0 Å². The van der Waals surface area contributed by atoms with Crippen molar-refractivity contribution in [3.63, 3.8) is 0 Å². The van der Waals surface area contributed by atoms with E-state index in [1.807, 2.05) is 0 Å². The van der Waals surface area contributed by atoms with Gasteiger partial charge in [-0.2, -0.15) is 0 Å². The monoisotopic (exact) mass is 235 g/mol. The molecule has 0 saturated carbocycles. The van der Waals surface area contributed by atoms with Gasteiger partial charge in [-0.1, -0.05) is 64.8 Å². The average Bonchev–Trinajstić information content (AvgIpc) is 2.07. The van der Waals surface area contributed by atoms with Crippen molar-refractivity contribution in [3.05, 3.63) is 0 Å². The molecule has 0 aliphatic carbocycles. The van der Waals surface area contributed by atoms with Gasteiger partial charge in [-0.3, -0.25) is 0 Å². The van der Waals surface area contributed by atoms with Crippen LogP contribution in [-0.4, -0.2) is 43.4 Å². The molecule has 3 heteroatoms. The van der Waals surface area contributed by atoms with Crippen molar-refractivity contribution in [2.24, 2.45) is 0 Å². The second-order valence-electron chi connectivity index (χ2n) is 2.56. The Balaban J connectivity index is -0.0000000500. The lowest BCUT2D eigenvalue weighted by molar-refractivity contribution is 0.401. The van der Waals surface area contributed by atoms with Gasteiger partial charge in [0.2, 0.25) is 0 Å². The van der Waals surface area contributed by atoms with Crippen molar-refractivity contribution >= 4 is 7.55 Å². The first-order valence-electron chi connectivity index (χ1n) is 4.61. The molecule has 0 aromatic rings. The fourth-order valence-electron chi connectivity index (χ4n) is 1.00. The summed E-state index contributed by atoms with van der Waals surface area (Å²) in [5.41, 5.74) is 0. The molecule has 0 aliphatic heterocycles. The zero-order chi connectivity index (χ0) is 8.69. The van der Waals surface area contributed by atoms with Gasteiger partial charge in [-0.15, -0.1) is 0 Å². The Bertz CT molecular complexity index is 72.0. The standard InChI is InChI=1S/C8H20BN2.5CH4/c1-5-10(6-2)9-11(7-3)8-4;;;;;/h5-8H2,1-4H3;5*1H4. The maximum atomic E-state index is 2.31. The molecule has 1 radical (unpaired) electrons. The van der Waals surface area contributed by atoms with E-state index in [1.54, 1.807) is 0 Å². The van der Waals surface area contributed by atoms with E-state index in [9.17, 15) is 0 Å². The highest BCUT2D eigenvalue weighted by atomic mass is 15.2. The van der Waals surface area contributed by atoms with Gasteiger partial charge in [0.05, 0.1) is 0 Å². The smallest absolute Gasteiger partial charge is 0.313 e. The van der Waals surface area contributed by atoms with Crippen LogP contribution in [-0.2, 0) is 0 Å². The van der Waals surface area contributed by atoms with Crippen molar-refractivity contribution in [3.8, 4) is 0 Å². The summed E-state index contributed by atoms with van der Waals surface area (Å²) >= 11 is 0. The second kappa shape index (κ2) is 24.3. The molecule has 0 bridgehead atoms. The maximum Gasteiger partial charge on any atom is 0.313 e. The predicted octanol–water partition coefficient (Wildman–Crippen LogP) is 4.38. The second-order valence-corrected chi connectivity index (χ2v) is 2.56. The van der Waals surface area contributed by atoms with E-state index in [1.165, 1.54) is 0 Å². The first-order chi connectivity index (χ1) is 5.28. The van der Waals surface area contributed by atoms with Gasteiger partial charge in [0, 0.05) is 0 Å². The first kappa shape index (κ1) is 36.0. The van der Waals surface area contributed by atoms with Crippen LogP contribution in [0.5, 0.6) is 0 Å². The number of rotatable bonds is 6. The lowest BCUT2D eigenvalue weighted by Gasteiger charge is -2.24. The summed E-state index contributed by atoms with van der Waals surface area (Å²) < 4.78 is 0. The third kappa shape index (κ3) is 16.4. The Morgan fingerprint density at radius 2 is 0.750 bits per heavy atom. The van der Waals surface area contributed by atoms with E-state index in [4.69, 9.17) is 0 Å². The highest BCUT2D eigenvalue weighted by Gasteiger charge is 2.07. The third-order valence-electron chi connectivity index (χ3n) is 1.95. The molecule has 105 valence electrons. The molecule has 0 amide bonds. The number of hydrogen-bond acceptors (Lipinski definition) is 2. The summed E-state index contributed by atoms with van der Waals surface area (Å²) in [5.74, 6) is 0. The molecular formula is C13H40BN2. The van der Waals surface area contributed by atoms with Crippen molar-refractivity contribution in [2.45, 2.75) is 64.8 Å². The van der Waals surface area contributed by atoms with E-state index in [0.717, 1.165) is 26.2 Å². The van der Waals surface area contributed by atoms with Crippen LogP contribution in [0.1, 0.15) is 64.8 Å².